The number of hydrogen-bond acceptors (Lipinski definition) is 3. The van der Waals surface area contributed by atoms with Crippen LogP contribution in [0.3, 0.4) is 0 Å². The summed E-state index contributed by atoms with van der Waals surface area (Å²) in [6, 6.07) is 7.08. The van der Waals surface area contributed by atoms with Gasteiger partial charge in [-0.2, -0.15) is 0 Å². The molecule has 2 rings (SSSR count). The molecule has 0 aliphatic rings. The van der Waals surface area contributed by atoms with E-state index in [0.717, 1.165) is 10.0 Å². The molecule has 0 spiro atoms. The zero-order valence-electron chi connectivity index (χ0n) is 8.10. The van der Waals surface area contributed by atoms with Crippen LogP contribution in [0.4, 0.5) is 0 Å². The first kappa shape index (κ1) is 11.3. The van der Waals surface area contributed by atoms with E-state index in [0.29, 0.717) is 15.7 Å². The van der Waals surface area contributed by atoms with E-state index in [1.807, 2.05) is 12.1 Å². The number of rotatable bonds is 3. The molecule has 0 fully saturated rings. The van der Waals surface area contributed by atoms with Crippen LogP contribution in [0.25, 0.3) is 0 Å². The van der Waals surface area contributed by atoms with Crippen molar-refractivity contribution < 1.29 is 9.94 Å². The van der Waals surface area contributed by atoms with Gasteiger partial charge in [-0.3, -0.25) is 0 Å². The highest BCUT2D eigenvalue weighted by Crippen LogP contribution is 2.25. The molecule has 16 heavy (non-hydrogen) atoms. The molecule has 1 aromatic heterocycles. The first-order valence-corrected chi connectivity index (χ1v) is 5.64. The lowest BCUT2D eigenvalue weighted by Gasteiger charge is -2.07. The van der Waals surface area contributed by atoms with Crippen molar-refractivity contribution in [3.63, 3.8) is 0 Å². The van der Waals surface area contributed by atoms with Crippen LogP contribution in [-0.4, -0.2) is 15.2 Å². The van der Waals surface area contributed by atoms with Gasteiger partial charge >= 0.3 is 0 Å². The maximum atomic E-state index is 8.95. The highest BCUT2D eigenvalue weighted by atomic mass is 79.9. The summed E-state index contributed by atoms with van der Waals surface area (Å²) >= 11 is 9.40. The summed E-state index contributed by atoms with van der Waals surface area (Å²) < 4.78 is 6.25. The molecule has 0 radical (unpaired) electrons. The molecule has 0 bridgehead atoms. The molecule has 0 atom stereocenters. The van der Waals surface area contributed by atoms with E-state index >= 15 is 0 Å². The fraction of sp³-hybridized carbons (Fsp3) is 0.100. The highest BCUT2D eigenvalue weighted by Gasteiger charge is 2.06. The van der Waals surface area contributed by atoms with E-state index in [1.54, 1.807) is 12.1 Å². The van der Waals surface area contributed by atoms with Crippen molar-refractivity contribution in [2.24, 2.45) is 0 Å². The monoisotopic (exact) mass is 302 g/mol. The third-order valence-corrected chi connectivity index (χ3v) is 3.07. The Morgan fingerprint density at radius 2 is 2.25 bits per heavy atom. The average molecular weight is 304 g/mol. The van der Waals surface area contributed by atoms with Crippen LogP contribution >= 0.6 is 27.5 Å². The van der Waals surface area contributed by atoms with Crippen LogP contribution in [0, 0.1) is 0 Å². The minimum absolute atomic E-state index is 0.289. The van der Waals surface area contributed by atoms with Crippen molar-refractivity contribution in [2.45, 2.75) is 6.61 Å². The average Bonchev–Trinajstić information content (AvgIpc) is 2.63. The lowest BCUT2D eigenvalue weighted by Crippen LogP contribution is -1.99. The molecule has 0 saturated carbocycles. The smallest absolute Gasteiger partial charge is 0.236 e. The molecule has 1 N–H and O–H groups in total. The summed E-state index contributed by atoms with van der Waals surface area (Å²) in [5.74, 6) is 0.342. The number of hydrogen-bond donors (Lipinski definition) is 1. The Kier molecular flexibility index (Phi) is 3.36. The van der Waals surface area contributed by atoms with E-state index in [-0.39, 0.29) is 6.61 Å². The van der Waals surface area contributed by atoms with Gasteiger partial charge in [0.25, 0.3) is 0 Å². The largest absolute Gasteiger partial charge is 0.472 e. The zero-order valence-corrected chi connectivity index (χ0v) is 10.4. The van der Waals surface area contributed by atoms with Gasteiger partial charge in [0.15, 0.2) is 0 Å². The van der Waals surface area contributed by atoms with Gasteiger partial charge in [0.2, 0.25) is 5.88 Å². The molecule has 84 valence electrons. The van der Waals surface area contributed by atoms with Crippen LogP contribution in [0.2, 0.25) is 5.02 Å². The molecule has 0 aliphatic heterocycles. The number of nitrogens with zero attached hydrogens (tertiary/aromatic N) is 2. The molecule has 0 unspecified atom stereocenters. The van der Waals surface area contributed by atoms with Gasteiger partial charge in [-0.15, -0.1) is 4.85 Å². The second-order valence-electron chi connectivity index (χ2n) is 3.06. The van der Waals surface area contributed by atoms with Gasteiger partial charge in [0.05, 0.1) is 6.20 Å². The van der Waals surface area contributed by atoms with Crippen molar-refractivity contribution in [2.75, 3.05) is 0 Å². The first-order valence-electron chi connectivity index (χ1n) is 4.47. The SMILES string of the molecule is On1ccc(OCc2c(Cl)cccc2Br)n1. The van der Waals surface area contributed by atoms with Crippen LogP contribution in [0.15, 0.2) is 34.9 Å². The molecular weight excluding hydrogens is 295 g/mol. The van der Waals surface area contributed by atoms with Crippen LogP contribution in [0.1, 0.15) is 5.56 Å². The minimum atomic E-state index is 0.289. The van der Waals surface area contributed by atoms with Gasteiger partial charge < -0.3 is 9.94 Å². The Bertz CT molecular complexity index is 481. The first-order chi connectivity index (χ1) is 7.66. The van der Waals surface area contributed by atoms with Gasteiger partial charge in [-0.25, -0.2) is 0 Å². The van der Waals surface area contributed by atoms with Gasteiger partial charge in [0, 0.05) is 21.1 Å². The fourth-order valence-corrected chi connectivity index (χ4v) is 2.02. The fourth-order valence-electron chi connectivity index (χ4n) is 1.19. The Balaban J connectivity index is 2.10. The molecule has 0 aliphatic carbocycles. The predicted octanol–water partition coefficient (Wildman–Crippen LogP) is 3.12. The number of halogens is 2. The van der Waals surface area contributed by atoms with Crippen LogP contribution < -0.4 is 4.74 Å². The van der Waals surface area contributed by atoms with E-state index in [9.17, 15) is 0 Å². The van der Waals surface area contributed by atoms with Crippen LogP contribution in [-0.2, 0) is 6.61 Å². The summed E-state index contributed by atoms with van der Waals surface area (Å²) in [5.41, 5.74) is 0.844. The minimum Gasteiger partial charge on any atom is -0.472 e. The molecule has 1 heterocycles. The number of benzene rings is 1. The van der Waals surface area contributed by atoms with Crippen molar-refractivity contribution in [3.05, 3.63) is 45.5 Å². The maximum Gasteiger partial charge on any atom is 0.236 e. The third-order valence-electron chi connectivity index (χ3n) is 1.98. The second kappa shape index (κ2) is 4.76. The topological polar surface area (TPSA) is 47.3 Å². The number of aromatic nitrogens is 2. The molecule has 2 aromatic rings. The van der Waals surface area contributed by atoms with Gasteiger partial charge in [-0.05, 0) is 12.1 Å². The summed E-state index contributed by atoms with van der Waals surface area (Å²) in [5, 5.41) is 13.2. The van der Waals surface area contributed by atoms with Crippen molar-refractivity contribution in [1.29, 1.82) is 0 Å². The Morgan fingerprint density at radius 1 is 1.44 bits per heavy atom. The van der Waals surface area contributed by atoms with Crippen molar-refractivity contribution >= 4 is 27.5 Å². The normalized spacial score (nSPS) is 10.4. The zero-order chi connectivity index (χ0) is 11.5. The lowest BCUT2D eigenvalue weighted by atomic mass is 10.2. The molecule has 1 aromatic carbocycles. The van der Waals surface area contributed by atoms with E-state index < -0.39 is 0 Å². The van der Waals surface area contributed by atoms with Crippen LogP contribution in [0.5, 0.6) is 5.88 Å². The van der Waals surface area contributed by atoms with Crippen molar-refractivity contribution in [3.8, 4) is 5.88 Å². The third kappa shape index (κ3) is 2.48. The van der Waals surface area contributed by atoms with Gasteiger partial charge in [-0.1, -0.05) is 38.7 Å². The maximum absolute atomic E-state index is 8.95. The summed E-state index contributed by atoms with van der Waals surface area (Å²) in [4.78, 5) is 0.691. The Hall–Kier alpha value is -1.20. The highest BCUT2D eigenvalue weighted by molar-refractivity contribution is 9.10. The van der Waals surface area contributed by atoms with E-state index in [2.05, 4.69) is 21.0 Å². The second-order valence-corrected chi connectivity index (χ2v) is 4.32. The molecule has 0 saturated heterocycles. The van der Waals surface area contributed by atoms with E-state index in [4.69, 9.17) is 21.5 Å². The quantitative estimate of drug-likeness (QED) is 0.886. The van der Waals surface area contributed by atoms with E-state index in [1.165, 1.54) is 6.20 Å². The van der Waals surface area contributed by atoms with Gasteiger partial charge in [0.1, 0.15) is 6.61 Å². The molecule has 4 nitrogen and oxygen atoms in total. The summed E-state index contributed by atoms with van der Waals surface area (Å²) in [6.45, 7) is 0.289. The number of ether oxygens (including phenoxy) is 1. The standard InChI is InChI=1S/C10H8BrClN2O2/c11-8-2-1-3-9(12)7(8)6-16-10-4-5-14(15)13-10/h1-5,15H,6H2. The summed E-state index contributed by atoms with van der Waals surface area (Å²) in [7, 11) is 0. The Labute approximate surface area is 105 Å². The summed E-state index contributed by atoms with van der Waals surface area (Å²) in [6.07, 6.45) is 1.39. The molecule has 0 amide bonds. The molecular formula is C10H8BrClN2O2. The molecule has 6 heteroatoms. The Morgan fingerprint density at radius 3 is 2.88 bits per heavy atom. The lowest BCUT2D eigenvalue weighted by molar-refractivity contribution is 0.141. The van der Waals surface area contributed by atoms with Crippen molar-refractivity contribution in [1.82, 2.24) is 9.94 Å². The predicted molar refractivity (Wildman–Crippen MR) is 62.9 cm³/mol.